The summed E-state index contributed by atoms with van der Waals surface area (Å²) in [4.78, 5) is 12.6. The number of nitrogens with one attached hydrogen (secondary N) is 1. The van der Waals surface area contributed by atoms with E-state index in [9.17, 15) is 4.79 Å². The van der Waals surface area contributed by atoms with Gasteiger partial charge in [0.25, 0.3) is 5.91 Å². The molecule has 0 radical (unpaired) electrons. The number of amides is 1. The van der Waals surface area contributed by atoms with Gasteiger partial charge < -0.3 is 24.3 Å². The van der Waals surface area contributed by atoms with Crippen molar-refractivity contribution in [2.45, 2.75) is 19.9 Å². The average Bonchev–Trinajstić information content (AvgIpc) is 2.69. The minimum Gasteiger partial charge on any atom is -0.493 e. The zero-order valence-corrected chi connectivity index (χ0v) is 17.5. The van der Waals surface area contributed by atoms with Crippen LogP contribution in [0.25, 0.3) is 0 Å². The summed E-state index contributed by atoms with van der Waals surface area (Å²) < 4.78 is 22.4. The van der Waals surface area contributed by atoms with Crippen LogP contribution in [0.1, 0.15) is 29.3 Å². The molecule has 27 heavy (non-hydrogen) atoms. The van der Waals surface area contributed by atoms with Gasteiger partial charge in [0, 0.05) is 17.7 Å². The number of hydrogen-bond acceptors (Lipinski definition) is 5. The molecule has 0 aliphatic heterocycles. The maximum Gasteiger partial charge on any atom is 0.251 e. The molecule has 1 N–H and O–H groups in total. The summed E-state index contributed by atoms with van der Waals surface area (Å²) in [5, 5.41) is 2.89. The Labute approximate surface area is 167 Å². The maximum absolute atomic E-state index is 12.6. The second-order valence-corrected chi connectivity index (χ2v) is 6.53. The Balaban J connectivity index is 2.18. The standard InChI is InChI=1S/C20H24BrNO5/c1-5-9-27-19-15(21)10-14(11-17(19)25-3)20(23)22-12-13-7-6-8-16(24-2)18(13)26-4/h6-8,10-11H,5,9,12H2,1-4H3,(H,22,23). The van der Waals surface area contributed by atoms with Gasteiger partial charge in [-0.15, -0.1) is 0 Å². The van der Waals surface area contributed by atoms with E-state index in [4.69, 9.17) is 18.9 Å². The fraction of sp³-hybridized carbons (Fsp3) is 0.350. The van der Waals surface area contributed by atoms with Crippen LogP contribution in [0.2, 0.25) is 0 Å². The molecule has 0 saturated carbocycles. The molecule has 2 rings (SSSR count). The highest BCUT2D eigenvalue weighted by Gasteiger charge is 2.16. The van der Waals surface area contributed by atoms with Crippen molar-refractivity contribution in [2.24, 2.45) is 0 Å². The molecule has 0 unspecified atom stereocenters. The third-order valence-electron chi connectivity index (χ3n) is 3.87. The van der Waals surface area contributed by atoms with E-state index in [1.54, 1.807) is 39.5 Å². The third-order valence-corrected chi connectivity index (χ3v) is 4.46. The number of rotatable bonds is 9. The van der Waals surface area contributed by atoms with E-state index in [0.29, 0.717) is 46.2 Å². The van der Waals surface area contributed by atoms with Gasteiger partial charge in [-0.05, 0) is 40.5 Å². The summed E-state index contributed by atoms with van der Waals surface area (Å²) in [7, 11) is 4.69. The van der Waals surface area contributed by atoms with E-state index in [-0.39, 0.29) is 5.91 Å². The first-order valence-electron chi connectivity index (χ1n) is 8.54. The van der Waals surface area contributed by atoms with Gasteiger partial charge in [-0.1, -0.05) is 19.1 Å². The SMILES string of the molecule is CCCOc1c(Br)cc(C(=O)NCc2cccc(OC)c2OC)cc1OC. The van der Waals surface area contributed by atoms with Crippen LogP contribution in [0.3, 0.4) is 0 Å². The lowest BCUT2D eigenvalue weighted by atomic mass is 10.1. The Morgan fingerprint density at radius 2 is 1.78 bits per heavy atom. The van der Waals surface area contributed by atoms with Crippen molar-refractivity contribution in [3.05, 3.63) is 45.9 Å². The van der Waals surface area contributed by atoms with Crippen molar-refractivity contribution < 1.29 is 23.7 Å². The summed E-state index contributed by atoms with van der Waals surface area (Å²) in [6, 6.07) is 8.91. The average molecular weight is 438 g/mol. The molecule has 7 heteroatoms. The molecule has 0 fully saturated rings. The number of benzene rings is 2. The third kappa shape index (κ3) is 5.07. The molecule has 146 valence electrons. The van der Waals surface area contributed by atoms with E-state index in [2.05, 4.69) is 21.2 Å². The van der Waals surface area contributed by atoms with Crippen molar-refractivity contribution in [2.75, 3.05) is 27.9 Å². The van der Waals surface area contributed by atoms with E-state index in [1.807, 2.05) is 19.1 Å². The van der Waals surface area contributed by atoms with Crippen LogP contribution in [0.15, 0.2) is 34.8 Å². The van der Waals surface area contributed by atoms with Crippen LogP contribution >= 0.6 is 15.9 Å². The maximum atomic E-state index is 12.6. The topological polar surface area (TPSA) is 66.0 Å². The Morgan fingerprint density at radius 1 is 1.04 bits per heavy atom. The molecular weight excluding hydrogens is 414 g/mol. The van der Waals surface area contributed by atoms with Gasteiger partial charge in [-0.25, -0.2) is 0 Å². The van der Waals surface area contributed by atoms with E-state index < -0.39 is 0 Å². The molecule has 6 nitrogen and oxygen atoms in total. The normalized spacial score (nSPS) is 10.3. The van der Waals surface area contributed by atoms with Crippen LogP contribution in [-0.4, -0.2) is 33.8 Å². The van der Waals surface area contributed by atoms with Crippen LogP contribution in [0.5, 0.6) is 23.0 Å². The van der Waals surface area contributed by atoms with Crippen molar-refractivity contribution in [1.82, 2.24) is 5.32 Å². The van der Waals surface area contributed by atoms with Gasteiger partial charge in [-0.2, -0.15) is 0 Å². The molecule has 0 bridgehead atoms. The molecule has 2 aromatic rings. The van der Waals surface area contributed by atoms with E-state index in [0.717, 1.165) is 12.0 Å². The Bertz CT molecular complexity index is 794. The highest BCUT2D eigenvalue weighted by atomic mass is 79.9. The number of carbonyl (C=O) groups excluding carboxylic acids is 1. The van der Waals surface area contributed by atoms with E-state index >= 15 is 0 Å². The summed E-state index contributed by atoms with van der Waals surface area (Å²) in [5.41, 5.74) is 1.28. The summed E-state index contributed by atoms with van der Waals surface area (Å²) in [5.74, 6) is 2.07. The predicted molar refractivity (Wildman–Crippen MR) is 107 cm³/mol. The van der Waals surface area contributed by atoms with Gasteiger partial charge in [0.2, 0.25) is 0 Å². The largest absolute Gasteiger partial charge is 0.493 e. The lowest BCUT2D eigenvalue weighted by Gasteiger charge is -2.15. The monoisotopic (exact) mass is 437 g/mol. The quantitative estimate of drug-likeness (QED) is 0.636. The molecule has 0 aliphatic rings. The van der Waals surface area contributed by atoms with Crippen molar-refractivity contribution in [3.8, 4) is 23.0 Å². The van der Waals surface area contributed by atoms with Crippen LogP contribution in [0.4, 0.5) is 0 Å². The van der Waals surface area contributed by atoms with Crippen molar-refractivity contribution in [3.63, 3.8) is 0 Å². The van der Waals surface area contributed by atoms with Gasteiger partial charge in [-0.3, -0.25) is 4.79 Å². The Hall–Kier alpha value is -2.41. The highest BCUT2D eigenvalue weighted by Crippen LogP contribution is 2.37. The highest BCUT2D eigenvalue weighted by molar-refractivity contribution is 9.10. The number of methoxy groups -OCH3 is 3. The lowest BCUT2D eigenvalue weighted by molar-refractivity contribution is 0.0950. The minimum atomic E-state index is -0.235. The zero-order valence-electron chi connectivity index (χ0n) is 15.9. The lowest BCUT2D eigenvalue weighted by Crippen LogP contribution is -2.23. The molecule has 0 heterocycles. The fourth-order valence-electron chi connectivity index (χ4n) is 2.57. The Kier molecular flexibility index (Phi) is 7.79. The molecule has 0 saturated heterocycles. The first-order chi connectivity index (χ1) is 13.0. The molecule has 1 amide bonds. The van der Waals surface area contributed by atoms with Crippen molar-refractivity contribution in [1.29, 1.82) is 0 Å². The van der Waals surface area contributed by atoms with Crippen LogP contribution in [0, 0.1) is 0 Å². The molecule has 0 atom stereocenters. The summed E-state index contributed by atoms with van der Waals surface area (Å²) in [6.07, 6.45) is 0.875. The van der Waals surface area contributed by atoms with Crippen LogP contribution < -0.4 is 24.3 Å². The minimum absolute atomic E-state index is 0.235. The number of ether oxygens (including phenoxy) is 4. The number of hydrogen-bond donors (Lipinski definition) is 1. The second kappa shape index (κ2) is 10.1. The Morgan fingerprint density at radius 3 is 2.41 bits per heavy atom. The molecule has 0 spiro atoms. The predicted octanol–water partition coefficient (Wildman–Crippen LogP) is 4.19. The number of halogens is 1. The van der Waals surface area contributed by atoms with Gasteiger partial charge >= 0.3 is 0 Å². The summed E-state index contributed by atoms with van der Waals surface area (Å²) in [6.45, 7) is 2.89. The van der Waals surface area contributed by atoms with Gasteiger partial charge in [0.05, 0.1) is 32.4 Å². The molecule has 0 aromatic heterocycles. The second-order valence-electron chi connectivity index (χ2n) is 5.67. The zero-order chi connectivity index (χ0) is 19.8. The first kappa shape index (κ1) is 20.9. The molecule has 0 aliphatic carbocycles. The summed E-state index contributed by atoms with van der Waals surface area (Å²) >= 11 is 3.45. The fourth-order valence-corrected chi connectivity index (χ4v) is 3.12. The number of para-hydroxylation sites is 1. The molecule has 2 aromatic carbocycles. The van der Waals surface area contributed by atoms with Gasteiger partial charge in [0.1, 0.15) is 0 Å². The van der Waals surface area contributed by atoms with Crippen molar-refractivity contribution >= 4 is 21.8 Å². The van der Waals surface area contributed by atoms with E-state index in [1.165, 1.54) is 0 Å². The van der Waals surface area contributed by atoms with Crippen LogP contribution in [-0.2, 0) is 6.54 Å². The smallest absolute Gasteiger partial charge is 0.251 e. The van der Waals surface area contributed by atoms with Gasteiger partial charge in [0.15, 0.2) is 23.0 Å². The molecular formula is C20H24BrNO5. The number of carbonyl (C=O) groups is 1. The first-order valence-corrected chi connectivity index (χ1v) is 9.33.